The molecule has 114 valence electrons. The minimum Gasteiger partial charge on any atom is -0.480 e. The summed E-state index contributed by atoms with van der Waals surface area (Å²) in [5.74, 6) is -1.70. The fraction of sp³-hybridized carbons (Fsp3) is 0.429. The van der Waals surface area contributed by atoms with Gasteiger partial charge in [0.1, 0.15) is 5.82 Å². The standard InChI is InChI=1S/C14H15BrFNO4/c15-11-3-2-10(16)7-9(11)1-4-13(18)17-5-6-21-8-12(17)14(19)20/h2-3,7,12H,1,4-6,8H2,(H,19,20). The number of carbonyl (C=O) groups excluding carboxylic acids is 1. The number of ether oxygens (including phenoxy) is 1. The van der Waals surface area contributed by atoms with Crippen molar-refractivity contribution in [1.82, 2.24) is 4.90 Å². The van der Waals surface area contributed by atoms with Gasteiger partial charge in [-0.1, -0.05) is 15.9 Å². The van der Waals surface area contributed by atoms with E-state index in [-0.39, 0.29) is 31.3 Å². The first-order chi connectivity index (χ1) is 9.99. The van der Waals surface area contributed by atoms with Crippen LogP contribution in [0.2, 0.25) is 0 Å². The molecule has 1 atom stereocenters. The summed E-state index contributed by atoms with van der Waals surface area (Å²) >= 11 is 3.31. The first-order valence-corrected chi connectivity index (χ1v) is 7.32. The number of rotatable bonds is 4. The van der Waals surface area contributed by atoms with Gasteiger partial charge in [-0.2, -0.15) is 0 Å². The van der Waals surface area contributed by atoms with Crippen LogP contribution in [0.15, 0.2) is 22.7 Å². The molecule has 1 heterocycles. The predicted molar refractivity (Wildman–Crippen MR) is 76.4 cm³/mol. The van der Waals surface area contributed by atoms with Gasteiger partial charge in [0.15, 0.2) is 6.04 Å². The molecule has 1 fully saturated rings. The third-order valence-electron chi connectivity index (χ3n) is 3.35. The number of aryl methyl sites for hydroxylation is 1. The van der Waals surface area contributed by atoms with E-state index in [2.05, 4.69) is 15.9 Å². The van der Waals surface area contributed by atoms with Gasteiger partial charge in [0, 0.05) is 17.4 Å². The molecule has 1 aliphatic rings. The Morgan fingerprint density at radius 1 is 1.48 bits per heavy atom. The van der Waals surface area contributed by atoms with Crippen LogP contribution in [0.4, 0.5) is 4.39 Å². The van der Waals surface area contributed by atoms with Gasteiger partial charge in [-0.05, 0) is 30.2 Å². The van der Waals surface area contributed by atoms with Crippen LogP contribution in [0.25, 0.3) is 0 Å². The molecule has 1 aromatic rings. The summed E-state index contributed by atoms with van der Waals surface area (Å²) in [4.78, 5) is 24.6. The van der Waals surface area contributed by atoms with Gasteiger partial charge in [-0.3, -0.25) is 4.79 Å². The molecule has 7 heteroatoms. The first kappa shape index (κ1) is 15.9. The van der Waals surface area contributed by atoms with Crippen LogP contribution in [0, 0.1) is 5.82 Å². The second-order valence-electron chi connectivity index (χ2n) is 4.75. The first-order valence-electron chi connectivity index (χ1n) is 6.53. The van der Waals surface area contributed by atoms with Gasteiger partial charge in [0.05, 0.1) is 13.2 Å². The van der Waals surface area contributed by atoms with Crippen molar-refractivity contribution >= 4 is 27.8 Å². The summed E-state index contributed by atoms with van der Waals surface area (Å²) in [5, 5.41) is 9.09. The molecule has 0 radical (unpaired) electrons. The lowest BCUT2D eigenvalue weighted by atomic mass is 10.1. The van der Waals surface area contributed by atoms with E-state index in [0.717, 1.165) is 4.47 Å². The Bertz CT molecular complexity index is 552. The average molecular weight is 360 g/mol. The van der Waals surface area contributed by atoms with E-state index in [1.165, 1.54) is 17.0 Å². The molecule has 1 saturated heterocycles. The molecule has 0 saturated carbocycles. The Hall–Kier alpha value is -1.47. The monoisotopic (exact) mass is 359 g/mol. The maximum absolute atomic E-state index is 13.2. The molecule has 1 aromatic carbocycles. The van der Waals surface area contributed by atoms with E-state index in [9.17, 15) is 14.0 Å². The summed E-state index contributed by atoms with van der Waals surface area (Å²) in [5.41, 5.74) is 0.684. The minimum atomic E-state index is -1.07. The topological polar surface area (TPSA) is 66.8 Å². The molecule has 21 heavy (non-hydrogen) atoms. The molecular weight excluding hydrogens is 345 g/mol. The van der Waals surface area contributed by atoms with Crippen molar-refractivity contribution in [2.24, 2.45) is 0 Å². The molecule has 0 spiro atoms. The van der Waals surface area contributed by atoms with E-state index >= 15 is 0 Å². The molecule has 1 aliphatic heterocycles. The van der Waals surface area contributed by atoms with E-state index in [1.807, 2.05) is 0 Å². The largest absolute Gasteiger partial charge is 0.480 e. The fourth-order valence-electron chi connectivity index (χ4n) is 2.23. The van der Waals surface area contributed by atoms with Crippen LogP contribution in [0.3, 0.4) is 0 Å². The number of halogens is 2. The van der Waals surface area contributed by atoms with E-state index in [4.69, 9.17) is 9.84 Å². The van der Waals surface area contributed by atoms with Gasteiger partial charge in [0.2, 0.25) is 5.91 Å². The summed E-state index contributed by atoms with van der Waals surface area (Å²) < 4.78 is 19.0. The SMILES string of the molecule is O=C(O)C1COCCN1C(=O)CCc1cc(F)ccc1Br. The van der Waals surface area contributed by atoms with Crippen LogP contribution in [-0.2, 0) is 20.7 Å². The molecule has 0 aliphatic carbocycles. The Morgan fingerprint density at radius 3 is 2.95 bits per heavy atom. The lowest BCUT2D eigenvalue weighted by Gasteiger charge is -2.33. The highest BCUT2D eigenvalue weighted by atomic mass is 79.9. The number of nitrogens with zero attached hydrogens (tertiary/aromatic N) is 1. The van der Waals surface area contributed by atoms with Crippen LogP contribution < -0.4 is 0 Å². The Kier molecular flexibility index (Phi) is 5.30. The van der Waals surface area contributed by atoms with E-state index < -0.39 is 12.0 Å². The molecule has 2 rings (SSSR count). The maximum atomic E-state index is 13.2. The third-order valence-corrected chi connectivity index (χ3v) is 4.12. The van der Waals surface area contributed by atoms with E-state index in [0.29, 0.717) is 18.6 Å². The zero-order valence-corrected chi connectivity index (χ0v) is 12.8. The zero-order valence-electron chi connectivity index (χ0n) is 11.2. The Morgan fingerprint density at radius 2 is 2.24 bits per heavy atom. The molecule has 1 N–H and O–H groups in total. The van der Waals surface area contributed by atoms with Gasteiger partial charge < -0.3 is 14.7 Å². The van der Waals surface area contributed by atoms with Crippen molar-refractivity contribution in [3.63, 3.8) is 0 Å². The van der Waals surface area contributed by atoms with Gasteiger partial charge in [-0.25, -0.2) is 9.18 Å². The van der Waals surface area contributed by atoms with Crippen molar-refractivity contribution in [2.75, 3.05) is 19.8 Å². The smallest absolute Gasteiger partial charge is 0.328 e. The quantitative estimate of drug-likeness (QED) is 0.890. The number of carboxylic acid groups (broad SMARTS) is 1. The van der Waals surface area contributed by atoms with Crippen molar-refractivity contribution < 1.29 is 23.8 Å². The van der Waals surface area contributed by atoms with Gasteiger partial charge in [0.25, 0.3) is 0 Å². The molecule has 5 nitrogen and oxygen atoms in total. The van der Waals surface area contributed by atoms with Crippen LogP contribution >= 0.6 is 15.9 Å². The predicted octanol–water partition coefficient (Wildman–Crippen LogP) is 1.83. The van der Waals surface area contributed by atoms with Gasteiger partial charge >= 0.3 is 5.97 Å². The zero-order chi connectivity index (χ0) is 15.4. The van der Waals surface area contributed by atoms with Crippen molar-refractivity contribution in [2.45, 2.75) is 18.9 Å². The average Bonchev–Trinajstić information content (AvgIpc) is 2.47. The molecule has 1 amide bonds. The van der Waals surface area contributed by atoms with Crippen molar-refractivity contribution in [3.05, 3.63) is 34.1 Å². The number of benzene rings is 1. The number of morpholine rings is 1. The van der Waals surface area contributed by atoms with Crippen LogP contribution in [-0.4, -0.2) is 47.7 Å². The second-order valence-corrected chi connectivity index (χ2v) is 5.61. The lowest BCUT2D eigenvalue weighted by Crippen LogP contribution is -2.52. The molecule has 0 bridgehead atoms. The van der Waals surface area contributed by atoms with Crippen LogP contribution in [0.5, 0.6) is 0 Å². The number of hydrogen-bond donors (Lipinski definition) is 1. The number of hydrogen-bond acceptors (Lipinski definition) is 3. The van der Waals surface area contributed by atoms with Crippen molar-refractivity contribution in [3.8, 4) is 0 Å². The summed E-state index contributed by atoms with van der Waals surface area (Å²) in [7, 11) is 0. The van der Waals surface area contributed by atoms with Crippen molar-refractivity contribution in [1.29, 1.82) is 0 Å². The number of carboxylic acids is 1. The highest BCUT2D eigenvalue weighted by Gasteiger charge is 2.32. The highest BCUT2D eigenvalue weighted by Crippen LogP contribution is 2.20. The summed E-state index contributed by atoms with van der Waals surface area (Å²) in [6, 6.07) is 3.34. The van der Waals surface area contributed by atoms with E-state index in [1.54, 1.807) is 6.07 Å². The fourth-order valence-corrected chi connectivity index (χ4v) is 2.67. The van der Waals surface area contributed by atoms with Crippen LogP contribution in [0.1, 0.15) is 12.0 Å². The molecular formula is C14H15BrFNO4. The maximum Gasteiger partial charge on any atom is 0.328 e. The Balaban J connectivity index is 2.00. The minimum absolute atomic E-state index is 0.00470. The second kappa shape index (κ2) is 7.00. The number of amides is 1. The van der Waals surface area contributed by atoms with Gasteiger partial charge in [-0.15, -0.1) is 0 Å². The molecule has 1 unspecified atom stereocenters. The number of carbonyl (C=O) groups is 2. The normalized spacial score (nSPS) is 18.6. The summed E-state index contributed by atoms with van der Waals surface area (Å²) in [6.45, 7) is 0.601. The Labute approximate surface area is 129 Å². The summed E-state index contributed by atoms with van der Waals surface area (Å²) in [6.07, 6.45) is 0.479. The number of aliphatic carboxylic acids is 1. The highest BCUT2D eigenvalue weighted by molar-refractivity contribution is 9.10. The lowest BCUT2D eigenvalue weighted by molar-refractivity contribution is -0.158. The third kappa shape index (κ3) is 4.01. The molecule has 0 aromatic heterocycles.